The van der Waals surface area contributed by atoms with Crippen LogP contribution in [0.25, 0.3) is 6.08 Å². The summed E-state index contributed by atoms with van der Waals surface area (Å²) in [6, 6.07) is 0.875. The Balaban J connectivity index is 3.10. The fourth-order valence-electron chi connectivity index (χ4n) is 0.807. The summed E-state index contributed by atoms with van der Waals surface area (Å²) in [5.41, 5.74) is -0.374. The average molecular weight is 203 g/mol. The van der Waals surface area contributed by atoms with Crippen LogP contribution >= 0.6 is 0 Å². The highest BCUT2D eigenvalue weighted by molar-refractivity contribution is 5.48. The van der Waals surface area contributed by atoms with Gasteiger partial charge in [-0.2, -0.15) is 0 Å². The number of benzene rings is 1. The lowest BCUT2D eigenvalue weighted by Gasteiger charge is -1.96. The molecular formula is C8H4F3NO2. The van der Waals surface area contributed by atoms with E-state index in [0.29, 0.717) is 18.3 Å². The van der Waals surface area contributed by atoms with Crippen LogP contribution in [0.1, 0.15) is 5.56 Å². The zero-order chi connectivity index (χ0) is 10.7. The summed E-state index contributed by atoms with van der Waals surface area (Å²) in [4.78, 5) is 9.03. The molecule has 0 amide bonds. The highest BCUT2D eigenvalue weighted by Crippen LogP contribution is 2.14. The van der Waals surface area contributed by atoms with E-state index in [1.165, 1.54) is 0 Å². The van der Waals surface area contributed by atoms with Crippen LogP contribution in [0.4, 0.5) is 13.2 Å². The molecule has 0 N–H and O–H groups in total. The minimum Gasteiger partial charge on any atom is -0.259 e. The predicted octanol–water partition coefficient (Wildman–Crippen LogP) is 2.35. The van der Waals surface area contributed by atoms with Crippen LogP contribution in [0, 0.1) is 27.6 Å². The molecule has 0 atom stereocenters. The standard InChI is InChI=1S/C8H4F3NO2/c9-6-4-8(11)7(10)3-5(6)1-2-12(13)14/h1-4H/b2-1+. The van der Waals surface area contributed by atoms with Gasteiger partial charge in [0.1, 0.15) is 5.82 Å². The lowest BCUT2D eigenvalue weighted by Crippen LogP contribution is -1.91. The van der Waals surface area contributed by atoms with Gasteiger partial charge in [0, 0.05) is 17.7 Å². The van der Waals surface area contributed by atoms with Crippen molar-refractivity contribution in [3.63, 3.8) is 0 Å². The molecule has 0 radical (unpaired) electrons. The second-order valence-electron chi connectivity index (χ2n) is 2.39. The van der Waals surface area contributed by atoms with Crippen LogP contribution in [0.3, 0.4) is 0 Å². The average Bonchev–Trinajstić information content (AvgIpc) is 2.09. The molecule has 1 rings (SSSR count). The summed E-state index contributed by atoms with van der Waals surface area (Å²) in [6.45, 7) is 0. The van der Waals surface area contributed by atoms with Crippen molar-refractivity contribution in [1.82, 2.24) is 0 Å². The van der Waals surface area contributed by atoms with E-state index in [0.717, 1.165) is 6.08 Å². The molecule has 0 unspecified atom stereocenters. The maximum absolute atomic E-state index is 12.8. The van der Waals surface area contributed by atoms with Gasteiger partial charge in [0.25, 0.3) is 0 Å². The third kappa shape index (κ3) is 2.32. The van der Waals surface area contributed by atoms with Crippen LogP contribution in [-0.2, 0) is 0 Å². The Hall–Kier alpha value is -1.85. The van der Waals surface area contributed by atoms with E-state index in [1.54, 1.807) is 0 Å². The zero-order valence-electron chi connectivity index (χ0n) is 6.71. The van der Waals surface area contributed by atoms with Gasteiger partial charge in [0.2, 0.25) is 6.20 Å². The Morgan fingerprint density at radius 1 is 1.14 bits per heavy atom. The van der Waals surface area contributed by atoms with Crippen LogP contribution in [0.15, 0.2) is 18.3 Å². The second-order valence-corrected chi connectivity index (χ2v) is 2.39. The highest BCUT2D eigenvalue weighted by Gasteiger charge is 2.07. The van der Waals surface area contributed by atoms with Gasteiger partial charge in [-0.25, -0.2) is 13.2 Å². The first-order chi connectivity index (χ1) is 6.50. The van der Waals surface area contributed by atoms with Crippen molar-refractivity contribution in [2.75, 3.05) is 0 Å². The molecular weight excluding hydrogens is 199 g/mol. The van der Waals surface area contributed by atoms with Gasteiger partial charge in [-0.05, 0) is 6.07 Å². The number of nitro groups is 1. The Bertz CT molecular complexity index is 404. The molecule has 0 aromatic heterocycles. The molecule has 3 nitrogen and oxygen atoms in total. The third-order valence-corrected chi connectivity index (χ3v) is 1.42. The normalized spacial score (nSPS) is 10.8. The Morgan fingerprint density at radius 2 is 1.71 bits per heavy atom. The molecule has 0 aliphatic carbocycles. The first-order valence-corrected chi connectivity index (χ1v) is 3.47. The molecule has 0 heterocycles. The van der Waals surface area contributed by atoms with Gasteiger partial charge in [-0.3, -0.25) is 10.1 Å². The molecule has 1 aromatic rings. The first kappa shape index (κ1) is 10.2. The molecule has 0 saturated carbocycles. The lowest BCUT2D eigenvalue weighted by atomic mass is 10.2. The molecule has 0 spiro atoms. The SMILES string of the molecule is O=[N+]([O-])/C=C/c1cc(F)c(F)cc1F. The predicted molar refractivity (Wildman–Crippen MR) is 42.3 cm³/mol. The van der Waals surface area contributed by atoms with Crippen molar-refractivity contribution in [2.24, 2.45) is 0 Å². The quantitative estimate of drug-likeness (QED) is 0.420. The molecule has 14 heavy (non-hydrogen) atoms. The monoisotopic (exact) mass is 203 g/mol. The number of hydrogen-bond donors (Lipinski definition) is 0. The van der Waals surface area contributed by atoms with E-state index in [4.69, 9.17) is 0 Å². The fraction of sp³-hybridized carbons (Fsp3) is 0. The summed E-state index contributed by atoms with van der Waals surface area (Å²) in [7, 11) is 0. The van der Waals surface area contributed by atoms with Crippen molar-refractivity contribution in [2.45, 2.75) is 0 Å². The Kier molecular flexibility index (Phi) is 2.85. The molecule has 0 bridgehead atoms. The van der Waals surface area contributed by atoms with E-state index < -0.39 is 22.4 Å². The minimum absolute atomic E-state index is 0.328. The maximum atomic E-state index is 12.8. The molecule has 0 aliphatic heterocycles. The van der Waals surface area contributed by atoms with E-state index in [9.17, 15) is 23.3 Å². The van der Waals surface area contributed by atoms with Gasteiger partial charge in [0.05, 0.1) is 4.92 Å². The van der Waals surface area contributed by atoms with E-state index in [1.807, 2.05) is 0 Å². The van der Waals surface area contributed by atoms with E-state index >= 15 is 0 Å². The third-order valence-electron chi connectivity index (χ3n) is 1.42. The number of rotatable bonds is 2. The topological polar surface area (TPSA) is 43.1 Å². The number of hydrogen-bond acceptors (Lipinski definition) is 2. The minimum atomic E-state index is -1.33. The summed E-state index contributed by atoms with van der Waals surface area (Å²) >= 11 is 0. The van der Waals surface area contributed by atoms with Crippen LogP contribution in [-0.4, -0.2) is 4.92 Å². The van der Waals surface area contributed by atoms with E-state index in [-0.39, 0.29) is 5.56 Å². The number of nitrogens with zero attached hydrogens (tertiary/aromatic N) is 1. The van der Waals surface area contributed by atoms with Crippen molar-refractivity contribution in [3.8, 4) is 0 Å². The van der Waals surface area contributed by atoms with Crippen LogP contribution in [0.2, 0.25) is 0 Å². The summed E-state index contributed by atoms with van der Waals surface area (Å²) < 4.78 is 37.7. The second kappa shape index (κ2) is 3.91. The van der Waals surface area contributed by atoms with Crippen molar-refractivity contribution in [3.05, 3.63) is 51.5 Å². The lowest BCUT2D eigenvalue weighted by molar-refractivity contribution is -0.400. The van der Waals surface area contributed by atoms with Gasteiger partial charge >= 0.3 is 0 Å². The van der Waals surface area contributed by atoms with Crippen LogP contribution in [0.5, 0.6) is 0 Å². The van der Waals surface area contributed by atoms with Gasteiger partial charge in [0.15, 0.2) is 11.6 Å². The highest BCUT2D eigenvalue weighted by atomic mass is 19.2. The van der Waals surface area contributed by atoms with Crippen molar-refractivity contribution >= 4 is 6.08 Å². The summed E-state index contributed by atoms with van der Waals surface area (Å²) in [5.74, 6) is -3.64. The van der Waals surface area contributed by atoms with Gasteiger partial charge < -0.3 is 0 Å². The molecule has 74 valence electrons. The first-order valence-electron chi connectivity index (χ1n) is 3.47. The van der Waals surface area contributed by atoms with E-state index in [2.05, 4.69) is 0 Å². The fourth-order valence-corrected chi connectivity index (χ4v) is 0.807. The maximum Gasteiger partial charge on any atom is 0.235 e. The molecule has 0 aliphatic rings. The zero-order valence-corrected chi connectivity index (χ0v) is 6.71. The van der Waals surface area contributed by atoms with Crippen molar-refractivity contribution < 1.29 is 18.1 Å². The Morgan fingerprint density at radius 3 is 2.29 bits per heavy atom. The number of halogens is 3. The largest absolute Gasteiger partial charge is 0.259 e. The van der Waals surface area contributed by atoms with Crippen LogP contribution < -0.4 is 0 Å². The molecule has 6 heteroatoms. The summed E-state index contributed by atoms with van der Waals surface area (Å²) in [6.07, 6.45) is 1.19. The van der Waals surface area contributed by atoms with Gasteiger partial charge in [-0.1, -0.05) is 0 Å². The smallest absolute Gasteiger partial charge is 0.235 e. The summed E-state index contributed by atoms with van der Waals surface area (Å²) in [5, 5.41) is 9.86. The molecule has 0 saturated heterocycles. The Labute approximate surface area is 76.6 Å². The van der Waals surface area contributed by atoms with Gasteiger partial charge in [-0.15, -0.1) is 0 Å². The van der Waals surface area contributed by atoms with Crippen molar-refractivity contribution in [1.29, 1.82) is 0 Å². The molecule has 1 aromatic carbocycles. The molecule has 0 fully saturated rings.